The highest BCUT2D eigenvalue weighted by molar-refractivity contribution is 7.13. The fraction of sp³-hybridized carbons (Fsp3) is 0.158. The van der Waals surface area contributed by atoms with Gasteiger partial charge in [-0.15, -0.1) is 11.3 Å². The Morgan fingerprint density at radius 1 is 1.29 bits per heavy atom. The van der Waals surface area contributed by atoms with Crippen molar-refractivity contribution in [3.05, 3.63) is 70.1 Å². The number of aryl methyl sites for hydroxylation is 2. The summed E-state index contributed by atoms with van der Waals surface area (Å²) in [7, 11) is 1.82. The van der Waals surface area contributed by atoms with E-state index < -0.39 is 0 Å². The predicted molar refractivity (Wildman–Crippen MR) is 95.8 cm³/mol. The molecule has 0 aliphatic heterocycles. The first-order valence-corrected chi connectivity index (χ1v) is 8.41. The van der Waals surface area contributed by atoms with Crippen LogP contribution in [0.3, 0.4) is 0 Å². The number of ketones is 1. The Labute approximate surface area is 144 Å². The molecule has 0 aliphatic carbocycles. The van der Waals surface area contributed by atoms with Crippen LogP contribution in [0.5, 0.6) is 0 Å². The summed E-state index contributed by atoms with van der Waals surface area (Å²) in [6, 6.07) is 8.62. The van der Waals surface area contributed by atoms with Gasteiger partial charge in [0.2, 0.25) is 0 Å². The summed E-state index contributed by atoms with van der Waals surface area (Å²) >= 11 is 1.48. The monoisotopic (exact) mass is 340 g/mol. The van der Waals surface area contributed by atoms with Gasteiger partial charge < -0.3 is 0 Å². The SMILES string of the molecule is Cc1nn(C)c(C)c1C(=O)/C=C\c1ccc(F)c(-c2cccs2)c1. The molecule has 0 spiro atoms. The number of carbonyl (C=O) groups is 1. The van der Waals surface area contributed by atoms with Crippen molar-refractivity contribution >= 4 is 23.2 Å². The second-order valence-electron chi connectivity index (χ2n) is 5.58. The van der Waals surface area contributed by atoms with Crippen LogP contribution in [0.15, 0.2) is 41.8 Å². The van der Waals surface area contributed by atoms with E-state index in [1.165, 1.54) is 23.5 Å². The minimum atomic E-state index is -0.264. The number of benzene rings is 1. The minimum Gasteiger partial charge on any atom is -0.289 e. The molecule has 0 aliphatic rings. The lowest BCUT2D eigenvalue weighted by Crippen LogP contribution is -1.99. The first-order chi connectivity index (χ1) is 11.5. The van der Waals surface area contributed by atoms with Gasteiger partial charge in [-0.05, 0) is 49.1 Å². The normalized spacial score (nSPS) is 11.3. The summed E-state index contributed by atoms with van der Waals surface area (Å²) in [5.74, 6) is -0.361. The number of thiophene rings is 1. The minimum absolute atomic E-state index is 0.0971. The summed E-state index contributed by atoms with van der Waals surface area (Å²) < 4.78 is 15.7. The first-order valence-electron chi connectivity index (χ1n) is 7.53. The lowest BCUT2D eigenvalue weighted by molar-refractivity contribution is 0.104. The van der Waals surface area contributed by atoms with Crippen LogP contribution in [0.1, 0.15) is 27.3 Å². The van der Waals surface area contributed by atoms with Gasteiger partial charge in [-0.2, -0.15) is 5.10 Å². The molecule has 2 aromatic heterocycles. The molecular formula is C19H17FN2OS. The molecular weight excluding hydrogens is 323 g/mol. The van der Waals surface area contributed by atoms with Crippen LogP contribution in [0.4, 0.5) is 4.39 Å². The van der Waals surface area contributed by atoms with Crippen LogP contribution < -0.4 is 0 Å². The maximum absolute atomic E-state index is 14.0. The summed E-state index contributed by atoms with van der Waals surface area (Å²) in [5, 5.41) is 6.17. The van der Waals surface area contributed by atoms with E-state index in [0.29, 0.717) is 16.8 Å². The Kier molecular flexibility index (Phi) is 4.44. The zero-order valence-electron chi connectivity index (χ0n) is 13.7. The van der Waals surface area contributed by atoms with Crippen LogP contribution in [-0.2, 0) is 7.05 Å². The van der Waals surface area contributed by atoms with Crippen LogP contribution in [0.2, 0.25) is 0 Å². The van der Waals surface area contributed by atoms with Gasteiger partial charge >= 0.3 is 0 Å². The standard InChI is InChI=1S/C19H17FN2OS/c1-12-19(13(2)22(3)21-12)17(23)9-7-14-6-8-16(20)15(11-14)18-5-4-10-24-18/h4-11H,1-3H3/b9-7-. The number of aromatic nitrogens is 2. The highest BCUT2D eigenvalue weighted by Gasteiger charge is 2.15. The van der Waals surface area contributed by atoms with E-state index in [4.69, 9.17) is 0 Å². The Morgan fingerprint density at radius 3 is 2.71 bits per heavy atom. The molecule has 0 N–H and O–H groups in total. The summed E-state index contributed by atoms with van der Waals surface area (Å²) in [5.41, 5.74) is 3.50. The Balaban J connectivity index is 1.90. The van der Waals surface area contributed by atoms with Crippen molar-refractivity contribution in [2.45, 2.75) is 13.8 Å². The number of allylic oxidation sites excluding steroid dienone is 1. The van der Waals surface area contributed by atoms with E-state index in [1.54, 1.807) is 22.9 Å². The molecule has 0 saturated carbocycles. The molecule has 5 heteroatoms. The van der Waals surface area contributed by atoms with Gasteiger partial charge in [-0.1, -0.05) is 18.2 Å². The summed E-state index contributed by atoms with van der Waals surface area (Å²) in [6.45, 7) is 3.69. The number of hydrogen-bond donors (Lipinski definition) is 0. The number of nitrogens with zero attached hydrogens (tertiary/aromatic N) is 2. The third kappa shape index (κ3) is 3.08. The van der Waals surface area contributed by atoms with E-state index in [2.05, 4.69) is 5.10 Å². The Bertz CT molecular complexity index is 923. The maximum Gasteiger partial charge on any atom is 0.189 e. The van der Waals surface area contributed by atoms with Gasteiger partial charge in [-0.3, -0.25) is 9.48 Å². The zero-order chi connectivity index (χ0) is 17.3. The Hall–Kier alpha value is -2.53. The second kappa shape index (κ2) is 6.53. The molecule has 122 valence electrons. The van der Waals surface area contributed by atoms with Crippen molar-refractivity contribution in [1.29, 1.82) is 0 Å². The summed E-state index contributed by atoms with van der Waals surface area (Å²) in [4.78, 5) is 13.3. The molecule has 0 amide bonds. The topological polar surface area (TPSA) is 34.9 Å². The molecule has 3 nitrogen and oxygen atoms in total. The van der Waals surface area contributed by atoms with E-state index in [-0.39, 0.29) is 11.6 Å². The van der Waals surface area contributed by atoms with Crippen LogP contribution in [0, 0.1) is 19.7 Å². The van der Waals surface area contributed by atoms with Crippen LogP contribution >= 0.6 is 11.3 Å². The van der Waals surface area contributed by atoms with Gasteiger partial charge in [-0.25, -0.2) is 4.39 Å². The van der Waals surface area contributed by atoms with Crippen molar-refractivity contribution in [3.8, 4) is 10.4 Å². The quantitative estimate of drug-likeness (QED) is 0.505. The van der Waals surface area contributed by atoms with Gasteiger partial charge in [0.1, 0.15) is 5.82 Å². The molecule has 0 saturated heterocycles. The molecule has 0 fully saturated rings. The van der Waals surface area contributed by atoms with E-state index in [0.717, 1.165) is 16.1 Å². The average Bonchev–Trinajstić information content (AvgIpc) is 3.15. The van der Waals surface area contributed by atoms with Gasteiger partial charge in [0, 0.05) is 23.2 Å². The van der Waals surface area contributed by atoms with Gasteiger partial charge in [0.15, 0.2) is 5.78 Å². The number of halogens is 1. The smallest absolute Gasteiger partial charge is 0.189 e. The van der Waals surface area contributed by atoms with Crippen molar-refractivity contribution in [3.63, 3.8) is 0 Å². The molecule has 24 heavy (non-hydrogen) atoms. The third-order valence-electron chi connectivity index (χ3n) is 3.96. The lowest BCUT2D eigenvalue weighted by Gasteiger charge is -2.02. The highest BCUT2D eigenvalue weighted by atomic mass is 32.1. The Morgan fingerprint density at radius 2 is 2.08 bits per heavy atom. The largest absolute Gasteiger partial charge is 0.289 e. The molecule has 2 heterocycles. The first kappa shape index (κ1) is 16.3. The molecule has 1 aromatic carbocycles. The number of rotatable bonds is 4. The molecule has 0 atom stereocenters. The van der Waals surface area contributed by atoms with E-state index in [9.17, 15) is 9.18 Å². The second-order valence-corrected chi connectivity index (χ2v) is 6.53. The number of carbonyl (C=O) groups excluding carboxylic acids is 1. The molecule has 0 radical (unpaired) electrons. The highest BCUT2D eigenvalue weighted by Crippen LogP contribution is 2.28. The van der Waals surface area contributed by atoms with Crippen LogP contribution in [0.25, 0.3) is 16.5 Å². The maximum atomic E-state index is 14.0. The lowest BCUT2D eigenvalue weighted by atomic mass is 10.1. The van der Waals surface area contributed by atoms with Crippen molar-refractivity contribution < 1.29 is 9.18 Å². The van der Waals surface area contributed by atoms with E-state index >= 15 is 0 Å². The molecule has 3 aromatic rings. The molecule has 0 unspecified atom stereocenters. The zero-order valence-corrected chi connectivity index (χ0v) is 14.5. The average molecular weight is 340 g/mol. The fourth-order valence-corrected chi connectivity index (χ4v) is 3.40. The molecule has 0 bridgehead atoms. The van der Waals surface area contributed by atoms with Crippen LogP contribution in [-0.4, -0.2) is 15.6 Å². The molecule has 3 rings (SSSR count). The fourth-order valence-electron chi connectivity index (χ4n) is 2.65. The van der Waals surface area contributed by atoms with Gasteiger partial charge in [0.05, 0.1) is 11.3 Å². The number of hydrogen-bond acceptors (Lipinski definition) is 3. The third-order valence-corrected chi connectivity index (χ3v) is 4.86. The van der Waals surface area contributed by atoms with Crippen molar-refractivity contribution in [1.82, 2.24) is 9.78 Å². The van der Waals surface area contributed by atoms with Crippen molar-refractivity contribution in [2.24, 2.45) is 7.05 Å². The van der Waals surface area contributed by atoms with Crippen molar-refractivity contribution in [2.75, 3.05) is 0 Å². The van der Waals surface area contributed by atoms with E-state index in [1.807, 2.05) is 38.4 Å². The predicted octanol–water partition coefficient (Wildman–Crippen LogP) is 4.80. The summed E-state index contributed by atoms with van der Waals surface area (Å²) in [6.07, 6.45) is 3.23. The van der Waals surface area contributed by atoms with Gasteiger partial charge in [0.25, 0.3) is 0 Å².